The summed E-state index contributed by atoms with van der Waals surface area (Å²) in [6.45, 7) is 7.93. The van der Waals surface area contributed by atoms with Gasteiger partial charge in [0.05, 0.1) is 22.7 Å². The number of aryl methyl sites for hydroxylation is 3. The Hall–Kier alpha value is -1.95. The fraction of sp³-hybridized carbons (Fsp3) is 0.562. The van der Waals surface area contributed by atoms with Gasteiger partial charge in [0.15, 0.2) is 5.65 Å². The summed E-state index contributed by atoms with van der Waals surface area (Å²) < 4.78 is 7.39. The van der Waals surface area contributed by atoms with E-state index < -0.39 is 0 Å². The normalized spacial score (nSPS) is 18.0. The van der Waals surface area contributed by atoms with Gasteiger partial charge < -0.3 is 10.1 Å². The highest BCUT2D eigenvalue weighted by Crippen LogP contribution is 2.22. The molecule has 2 aromatic rings. The average molecular weight is 302 g/mol. The third-order valence-corrected chi connectivity index (χ3v) is 4.06. The van der Waals surface area contributed by atoms with E-state index in [2.05, 4.69) is 15.4 Å². The summed E-state index contributed by atoms with van der Waals surface area (Å²) in [6, 6.07) is 1.84. The first-order chi connectivity index (χ1) is 10.6. The van der Waals surface area contributed by atoms with Gasteiger partial charge in [-0.3, -0.25) is 4.79 Å². The minimum absolute atomic E-state index is 0.0789. The zero-order chi connectivity index (χ0) is 15.7. The summed E-state index contributed by atoms with van der Waals surface area (Å²) in [4.78, 5) is 17.1. The van der Waals surface area contributed by atoms with E-state index in [0.29, 0.717) is 12.1 Å². The highest BCUT2D eigenvalue weighted by Gasteiger charge is 2.20. The molecule has 22 heavy (non-hydrogen) atoms. The Labute approximate surface area is 129 Å². The standard InChI is InChI=1S/C16H22N4O2/c1-4-20-15-14(11(3)19-20)13(8-10(2)18-15)16(21)17-9-12-6-5-7-22-12/h8,12H,4-7,9H2,1-3H3,(H,17,21). The lowest BCUT2D eigenvalue weighted by molar-refractivity contribution is 0.0859. The Morgan fingerprint density at radius 3 is 3.00 bits per heavy atom. The maximum Gasteiger partial charge on any atom is 0.252 e. The van der Waals surface area contributed by atoms with Crippen LogP contribution in [0.3, 0.4) is 0 Å². The van der Waals surface area contributed by atoms with Crippen molar-refractivity contribution in [3.8, 4) is 0 Å². The fourth-order valence-electron chi connectivity index (χ4n) is 2.99. The molecule has 0 saturated carbocycles. The number of amides is 1. The SMILES string of the molecule is CCn1nc(C)c2c(C(=O)NCC3CCCO3)cc(C)nc21. The lowest BCUT2D eigenvalue weighted by Gasteiger charge is -2.12. The first kappa shape index (κ1) is 15.0. The molecule has 2 aromatic heterocycles. The number of carbonyl (C=O) groups is 1. The number of carbonyl (C=O) groups excluding carboxylic acids is 1. The Bertz CT molecular complexity index is 702. The van der Waals surface area contributed by atoms with Crippen LogP contribution in [0, 0.1) is 13.8 Å². The van der Waals surface area contributed by atoms with Crippen molar-refractivity contribution in [3.05, 3.63) is 23.0 Å². The monoisotopic (exact) mass is 302 g/mol. The quantitative estimate of drug-likeness (QED) is 0.937. The minimum atomic E-state index is -0.0789. The van der Waals surface area contributed by atoms with Crippen LogP contribution in [0.25, 0.3) is 11.0 Å². The number of aromatic nitrogens is 3. The molecule has 0 aromatic carbocycles. The maximum atomic E-state index is 12.6. The second-order valence-electron chi connectivity index (χ2n) is 5.76. The van der Waals surface area contributed by atoms with Gasteiger partial charge in [0.2, 0.25) is 0 Å². The number of hydrogen-bond donors (Lipinski definition) is 1. The Morgan fingerprint density at radius 1 is 1.50 bits per heavy atom. The second kappa shape index (κ2) is 6.04. The Morgan fingerprint density at radius 2 is 2.32 bits per heavy atom. The third kappa shape index (κ3) is 2.70. The van der Waals surface area contributed by atoms with Gasteiger partial charge in [-0.2, -0.15) is 5.10 Å². The molecule has 1 N–H and O–H groups in total. The van der Waals surface area contributed by atoms with E-state index in [0.717, 1.165) is 48.4 Å². The average Bonchev–Trinajstić information content (AvgIpc) is 3.12. The smallest absolute Gasteiger partial charge is 0.252 e. The number of hydrogen-bond acceptors (Lipinski definition) is 4. The molecular formula is C16H22N4O2. The molecule has 3 rings (SSSR count). The summed E-state index contributed by atoms with van der Waals surface area (Å²) in [5.74, 6) is -0.0789. The van der Waals surface area contributed by atoms with Crippen molar-refractivity contribution in [2.45, 2.75) is 46.3 Å². The third-order valence-electron chi connectivity index (χ3n) is 4.06. The number of nitrogens with one attached hydrogen (secondary N) is 1. The van der Waals surface area contributed by atoms with Crippen molar-refractivity contribution in [2.24, 2.45) is 0 Å². The van der Waals surface area contributed by atoms with E-state index >= 15 is 0 Å². The first-order valence-corrected chi connectivity index (χ1v) is 7.84. The number of fused-ring (bicyclic) bond motifs is 1. The summed E-state index contributed by atoms with van der Waals surface area (Å²) in [5, 5.41) is 8.31. The van der Waals surface area contributed by atoms with Gasteiger partial charge in [0.25, 0.3) is 5.91 Å². The first-order valence-electron chi connectivity index (χ1n) is 7.84. The van der Waals surface area contributed by atoms with Crippen LogP contribution in [0.4, 0.5) is 0 Å². The zero-order valence-electron chi connectivity index (χ0n) is 13.3. The van der Waals surface area contributed by atoms with Crippen molar-refractivity contribution in [3.63, 3.8) is 0 Å². The van der Waals surface area contributed by atoms with Gasteiger partial charge in [-0.1, -0.05) is 0 Å². The second-order valence-corrected chi connectivity index (χ2v) is 5.76. The van der Waals surface area contributed by atoms with Gasteiger partial charge in [0, 0.05) is 25.4 Å². The molecule has 0 bridgehead atoms. The molecule has 1 atom stereocenters. The largest absolute Gasteiger partial charge is 0.376 e. The molecule has 1 unspecified atom stereocenters. The molecule has 0 spiro atoms. The Balaban J connectivity index is 1.91. The van der Waals surface area contributed by atoms with Gasteiger partial charge in [-0.15, -0.1) is 0 Å². The highest BCUT2D eigenvalue weighted by atomic mass is 16.5. The van der Waals surface area contributed by atoms with Crippen molar-refractivity contribution in [1.29, 1.82) is 0 Å². The molecule has 6 heteroatoms. The van der Waals surface area contributed by atoms with Crippen LogP contribution in [-0.4, -0.2) is 39.9 Å². The minimum Gasteiger partial charge on any atom is -0.376 e. The van der Waals surface area contributed by atoms with Crippen LogP contribution >= 0.6 is 0 Å². The van der Waals surface area contributed by atoms with Crippen LogP contribution in [-0.2, 0) is 11.3 Å². The lowest BCUT2D eigenvalue weighted by Crippen LogP contribution is -2.32. The van der Waals surface area contributed by atoms with Crippen molar-refractivity contribution in [2.75, 3.05) is 13.2 Å². The van der Waals surface area contributed by atoms with Crippen LogP contribution in [0.2, 0.25) is 0 Å². The maximum absolute atomic E-state index is 12.6. The number of rotatable bonds is 4. The number of nitrogens with zero attached hydrogens (tertiary/aromatic N) is 3. The predicted octanol–water partition coefficient (Wildman–Crippen LogP) is 1.98. The van der Waals surface area contributed by atoms with Crippen LogP contribution in [0.5, 0.6) is 0 Å². The van der Waals surface area contributed by atoms with Gasteiger partial charge in [-0.05, 0) is 39.7 Å². The molecule has 1 aliphatic rings. The molecule has 1 fully saturated rings. The molecule has 0 aliphatic carbocycles. The van der Waals surface area contributed by atoms with E-state index in [4.69, 9.17) is 4.74 Å². The van der Waals surface area contributed by atoms with E-state index in [1.165, 1.54) is 0 Å². The molecular weight excluding hydrogens is 280 g/mol. The van der Waals surface area contributed by atoms with Crippen molar-refractivity contribution >= 4 is 16.9 Å². The molecule has 118 valence electrons. The van der Waals surface area contributed by atoms with Gasteiger partial charge in [-0.25, -0.2) is 9.67 Å². The summed E-state index contributed by atoms with van der Waals surface area (Å²) in [5.41, 5.74) is 3.09. The summed E-state index contributed by atoms with van der Waals surface area (Å²) in [7, 11) is 0. The van der Waals surface area contributed by atoms with Gasteiger partial charge in [0.1, 0.15) is 0 Å². The molecule has 3 heterocycles. The zero-order valence-corrected chi connectivity index (χ0v) is 13.3. The van der Waals surface area contributed by atoms with E-state index in [-0.39, 0.29) is 12.0 Å². The fourth-order valence-corrected chi connectivity index (χ4v) is 2.99. The molecule has 1 amide bonds. The molecule has 1 saturated heterocycles. The Kier molecular flexibility index (Phi) is 4.11. The van der Waals surface area contributed by atoms with Crippen LogP contribution in [0.1, 0.15) is 41.5 Å². The van der Waals surface area contributed by atoms with Crippen molar-refractivity contribution < 1.29 is 9.53 Å². The van der Waals surface area contributed by atoms with Gasteiger partial charge >= 0.3 is 0 Å². The highest BCUT2D eigenvalue weighted by molar-refractivity contribution is 6.06. The topological polar surface area (TPSA) is 69.0 Å². The summed E-state index contributed by atoms with van der Waals surface area (Å²) >= 11 is 0. The van der Waals surface area contributed by atoms with E-state index in [1.807, 2.05) is 31.5 Å². The van der Waals surface area contributed by atoms with Crippen LogP contribution < -0.4 is 5.32 Å². The molecule has 1 aliphatic heterocycles. The number of pyridine rings is 1. The summed E-state index contributed by atoms with van der Waals surface area (Å²) in [6.07, 6.45) is 2.22. The van der Waals surface area contributed by atoms with E-state index in [9.17, 15) is 4.79 Å². The molecule has 6 nitrogen and oxygen atoms in total. The van der Waals surface area contributed by atoms with Crippen LogP contribution in [0.15, 0.2) is 6.07 Å². The van der Waals surface area contributed by atoms with E-state index in [1.54, 1.807) is 0 Å². The predicted molar refractivity (Wildman–Crippen MR) is 84.0 cm³/mol. The number of ether oxygens (including phenoxy) is 1. The lowest BCUT2D eigenvalue weighted by atomic mass is 10.1. The van der Waals surface area contributed by atoms with Crippen molar-refractivity contribution in [1.82, 2.24) is 20.1 Å². The molecule has 0 radical (unpaired) electrons.